The number of nitrogens with one attached hydrogen (secondary N) is 1. The average Bonchev–Trinajstić information content (AvgIpc) is 3.00. The van der Waals surface area contributed by atoms with E-state index in [0.717, 1.165) is 24.2 Å². The van der Waals surface area contributed by atoms with Gasteiger partial charge in [-0.1, -0.05) is 18.2 Å². The van der Waals surface area contributed by atoms with Crippen molar-refractivity contribution >= 4 is 5.91 Å². The summed E-state index contributed by atoms with van der Waals surface area (Å²) in [4.78, 5) is 12.1. The van der Waals surface area contributed by atoms with E-state index in [0.29, 0.717) is 24.7 Å². The molecule has 0 saturated carbocycles. The molecule has 0 fully saturated rings. The number of hydrogen-bond acceptors (Lipinski definition) is 3. The van der Waals surface area contributed by atoms with Crippen molar-refractivity contribution in [2.24, 2.45) is 5.92 Å². The standard InChI is InChI=1S/C18H25NO3/c1-4-22-16-10-9-15(12-17(16)21-3)13(2)19-18(20)11-14-7-5-6-8-14/h5,7,9-10,12-14H,4,6,8,11H2,1-3H3,(H,19,20)/t13-,14+/m0/s1. The maximum Gasteiger partial charge on any atom is 0.221 e. The van der Waals surface area contributed by atoms with Gasteiger partial charge in [0.15, 0.2) is 11.5 Å². The number of amides is 1. The van der Waals surface area contributed by atoms with Crippen molar-refractivity contribution < 1.29 is 14.3 Å². The third kappa shape index (κ3) is 4.26. The van der Waals surface area contributed by atoms with Gasteiger partial charge < -0.3 is 14.8 Å². The first-order valence-corrected chi connectivity index (χ1v) is 7.90. The van der Waals surface area contributed by atoms with Crippen molar-refractivity contribution in [2.45, 2.75) is 39.2 Å². The normalized spacial score (nSPS) is 18.0. The number of methoxy groups -OCH3 is 1. The van der Waals surface area contributed by atoms with Gasteiger partial charge >= 0.3 is 0 Å². The van der Waals surface area contributed by atoms with Crippen LogP contribution in [0.4, 0.5) is 0 Å². The van der Waals surface area contributed by atoms with Gasteiger partial charge in [-0.05, 0) is 50.3 Å². The molecule has 1 N–H and O–H groups in total. The van der Waals surface area contributed by atoms with E-state index < -0.39 is 0 Å². The molecule has 0 heterocycles. The van der Waals surface area contributed by atoms with E-state index in [4.69, 9.17) is 9.47 Å². The summed E-state index contributed by atoms with van der Waals surface area (Å²) >= 11 is 0. The van der Waals surface area contributed by atoms with E-state index in [9.17, 15) is 4.79 Å². The predicted octanol–water partition coefficient (Wildman–Crippen LogP) is 3.63. The van der Waals surface area contributed by atoms with Crippen molar-refractivity contribution in [1.29, 1.82) is 0 Å². The maximum atomic E-state index is 12.1. The number of rotatable bonds is 7. The molecule has 0 bridgehead atoms. The van der Waals surface area contributed by atoms with Gasteiger partial charge in [-0.3, -0.25) is 4.79 Å². The minimum absolute atomic E-state index is 0.0533. The highest BCUT2D eigenvalue weighted by molar-refractivity contribution is 5.77. The van der Waals surface area contributed by atoms with Gasteiger partial charge in [0.25, 0.3) is 0 Å². The van der Waals surface area contributed by atoms with E-state index in [1.165, 1.54) is 0 Å². The van der Waals surface area contributed by atoms with Crippen LogP contribution < -0.4 is 14.8 Å². The highest BCUT2D eigenvalue weighted by atomic mass is 16.5. The molecule has 1 aromatic rings. The Kier molecular flexibility index (Phi) is 5.87. The fraction of sp³-hybridized carbons (Fsp3) is 0.500. The second-order valence-electron chi connectivity index (χ2n) is 5.60. The molecule has 0 saturated heterocycles. The van der Waals surface area contributed by atoms with Crippen LogP contribution >= 0.6 is 0 Å². The molecule has 0 aliphatic heterocycles. The predicted molar refractivity (Wildman–Crippen MR) is 87.2 cm³/mol. The monoisotopic (exact) mass is 303 g/mol. The number of benzene rings is 1. The fourth-order valence-corrected chi connectivity index (χ4v) is 2.72. The summed E-state index contributed by atoms with van der Waals surface area (Å²) < 4.78 is 10.9. The number of carbonyl (C=O) groups is 1. The zero-order chi connectivity index (χ0) is 15.9. The maximum absolute atomic E-state index is 12.1. The lowest BCUT2D eigenvalue weighted by Crippen LogP contribution is -2.27. The van der Waals surface area contributed by atoms with Crippen molar-refractivity contribution in [3.8, 4) is 11.5 Å². The quantitative estimate of drug-likeness (QED) is 0.783. The molecule has 0 unspecified atom stereocenters. The average molecular weight is 303 g/mol. The van der Waals surface area contributed by atoms with Crippen molar-refractivity contribution in [3.05, 3.63) is 35.9 Å². The van der Waals surface area contributed by atoms with Crippen LogP contribution in [0.3, 0.4) is 0 Å². The third-order valence-electron chi connectivity index (χ3n) is 3.92. The number of ether oxygens (including phenoxy) is 2. The molecule has 1 aliphatic carbocycles. The molecule has 1 aromatic carbocycles. The van der Waals surface area contributed by atoms with Crippen LogP contribution in [-0.2, 0) is 4.79 Å². The molecule has 4 nitrogen and oxygen atoms in total. The first-order chi connectivity index (χ1) is 10.6. The molecule has 2 atom stereocenters. The largest absolute Gasteiger partial charge is 0.493 e. The van der Waals surface area contributed by atoms with Gasteiger partial charge in [0, 0.05) is 6.42 Å². The Bertz CT molecular complexity index is 539. The highest BCUT2D eigenvalue weighted by Crippen LogP contribution is 2.30. The lowest BCUT2D eigenvalue weighted by atomic mass is 10.0. The first-order valence-electron chi connectivity index (χ1n) is 7.90. The number of allylic oxidation sites excluding steroid dienone is 2. The molecule has 0 radical (unpaired) electrons. The summed E-state index contributed by atoms with van der Waals surface area (Å²) in [6.45, 7) is 4.52. The van der Waals surface area contributed by atoms with E-state index in [1.54, 1.807) is 7.11 Å². The molecule has 4 heteroatoms. The molecule has 0 spiro atoms. The van der Waals surface area contributed by atoms with Crippen LogP contribution in [0.2, 0.25) is 0 Å². The molecular weight excluding hydrogens is 278 g/mol. The SMILES string of the molecule is CCOc1ccc([C@H](C)NC(=O)C[C@@H]2C=CCC2)cc1OC. The van der Waals surface area contributed by atoms with E-state index in [2.05, 4.69) is 17.5 Å². The minimum Gasteiger partial charge on any atom is -0.493 e. The van der Waals surface area contributed by atoms with Crippen LogP contribution in [0.1, 0.15) is 44.7 Å². The molecule has 1 aliphatic rings. The van der Waals surface area contributed by atoms with E-state index in [1.807, 2.05) is 32.0 Å². The van der Waals surface area contributed by atoms with Crippen molar-refractivity contribution in [3.63, 3.8) is 0 Å². The minimum atomic E-state index is -0.0533. The van der Waals surface area contributed by atoms with Gasteiger partial charge in [-0.2, -0.15) is 0 Å². The third-order valence-corrected chi connectivity index (χ3v) is 3.92. The molecule has 1 amide bonds. The Labute approximate surface area is 132 Å². The molecule has 2 rings (SSSR count). The second kappa shape index (κ2) is 7.87. The summed E-state index contributed by atoms with van der Waals surface area (Å²) in [7, 11) is 1.62. The smallest absolute Gasteiger partial charge is 0.221 e. The van der Waals surface area contributed by atoms with E-state index >= 15 is 0 Å². The Balaban J connectivity index is 1.97. The van der Waals surface area contributed by atoms with Crippen LogP contribution in [-0.4, -0.2) is 19.6 Å². The summed E-state index contributed by atoms with van der Waals surface area (Å²) in [5.41, 5.74) is 1.01. The second-order valence-corrected chi connectivity index (χ2v) is 5.60. The van der Waals surface area contributed by atoms with E-state index in [-0.39, 0.29) is 11.9 Å². The van der Waals surface area contributed by atoms with Crippen molar-refractivity contribution in [2.75, 3.05) is 13.7 Å². The fourth-order valence-electron chi connectivity index (χ4n) is 2.72. The van der Waals surface area contributed by atoms with Crippen LogP contribution in [0.15, 0.2) is 30.4 Å². The Morgan fingerprint density at radius 3 is 2.86 bits per heavy atom. The van der Waals surface area contributed by atoms with Gasteiger partial charge in [-0.15, -0.1) is 0 Å². The Hall–Kier alpha value is -1.97. The van der Waals surface area contributed by atoms with Crippen LogP contribution in [0.25, 0.3) is 0 Å². The highest BCUT2D eigenvalue weighted by Gasteiger charge is 2.17. The Morgan fingerprint density at radius 1 is 1.41 bits per heavy atom. The zero-order valence-electron chi connectivity index (χ0n) is 13.6. The first kappa shape index (κ1) is 16.4. The summed E-state index contributed by atoms with van der Waals surface area (Å²) in [6.07, 6.45) is 7.03. The van der Waals surface area contributed by atoms with Crippen molar-refractivity contribution in [1.82, 2.24) is 5.32 Å². The summed E-state index contributed by atoms with van der Waals surface area (Å²) in [5, 5.41) is 3.06. The van der Waals surface area contributed by atoms with Gasteiger partial charge in [0.05, 0.1) is 19.8 Å². The number of hydrogen-bond donors (Lipinski definition) is 1. The lowest BCUT2D eigenvalue weighted by Gasteiger charge is -2.18. The van der Waals surface area contributed by atoms with Gasteiger partial charge in [0.1, 0.15) is 0 Å². The van der Waals surface area contributed by atoms with Crippen LogP contribution in [0, 0.1) is 5.92 Å². The zero-order valence-corrected chi connectivity index (χ0v) is 13.6. The Morgan fingerprint density at radius 2 is 2.23 bits per heavy atom. The summed E-state index contributed by atoms with van der Waals surface area (Å²) in [6, 6.07) is 5.72. The lowest BCUT2D eigenvalue weighted by molar-refractivity contribution is -0.122. The van der Waals surface area contributed by atoms with Gasteiger partial charge in [-0.25, -0.2) is 0 Å². The topological polar surface area (TPSA) is 47.6 Å². The molecule has 22 heavy (non-hydrogen) atoms. The van der Waals surface area contributed by atoms with Crippen LogP contribution in [0.5, 0.6) is 11.5 Å². The van der Waals surface area contributed by atoms with Gasteiger partial charge in [0.2, 0.25) is 5.91 Å². The molecule has 120 valence electrons. The molecular formula is C18H25NO3. The molecule has 0 aromatic heterocycles. The summed E-state index contributed by atoms with van der Waals surface area (Å²) in [5.74, 6) is 1.90. The number of carbonyl (C=O) groups excluding carboxylic acids is 1.